The number of hydrogen-bond acceptors (Lipinski definition) is 3. The Hall–Kier alpha value is -2.36. The Bertz CT molecular complexity index is 616. The fraction of sp³-hybridized carbons (Fsp3) is 0.250. The summed E-state index contributed by atoms with van der Waals surface area (Å²) in [5.74, 6) is 0.0942. The minimum atomic E-state index is 0.0942. The molecule has 0 aliphatic carbocycles. The van der Waals surface area contributed by atoms with Gasteiger partial charge in [0.1, 0.15) is 0 Å². The summed E-state index contributed by atoms with van der Waals surface area (Å²) in [5.41, 5.74) is 8.97. The van der Waals surface area contributed by atoms with Crippen LogP contribution in [0.1, 0.15) is 23.2 Å². The monoisotopic (exact) mass is 267 g/mol. The molecule has 1 aromatic carbocycles. The quantitative estimate of drug-likeness (QED) is 0.851. The van der Waals surface area contributed by atoms with Crippen molar-refractivity contribution in [3.8, 4) is 11.1 Å². The molecule has 20 heavy (non-hydrogen) atoms. The van der Waals surface area contributed by atoms with Crippen LogP contribution >= 0.6 is 0 Å². The first-order valence-electron chi connectivity index (χ1n) is 6.85. The minimum absolute atomic E-state index is 0.0942. The van der Waals surface area contributed by atoms with Gasteiger partial charge in [0.2, 0.25) is 0 Å². The molecule has 0 atom stereocenters. The van der Waals surface area contributed by atoms with Gasteiger partial charge in [0.15, 0.2) is 0 Å². The van der Waals surface area contributed by atoms with Gasteiger partial charge in [-0.3, -0.25) is 9.78 Å². The molecule has 0 saturated carbocycles. The third-order valence-corrected chi connectivity index (χ3v) is 3.67. The summed E-state index contributed by atoms with van der Waals surface area (Å²) in [5, 5.41) is 0. The average molecular weight is 267 g/mol. The van der Waals surface area contributed by atoms with Crippen LogP contribution < -0.4 is 5.73 Å². The van der Waals surface area contributed by atoms with E-state index in [9.17, 15) is 4.79 Å². The highest BCUT2D eigenvalue weighted by Crippen LogP contribution is 2.25. The Balaban J connectivity index is 1.99. The van der Waals surface area contributed by atoms with Gasteiger partial charge in [-0.15, -0.1) is 0 Å². The van der Waals surface area contributed by atoms with E-state index in [0.29, 0.717) is 11.3 Å². The van der Waals surface area contributed by atoms with Gasteiger partial charge in [0.25, 0.3) is 5.91 Å². The number of nitrogen functional groups attached to an aromatic ring is 1. The average Bonchev–Trinajstić information content (AvgIpc) is 3.02. The molecule has 2 aromatic rings. The molecule has 1 saturated heterocycles. The van der Waals surface area contributed by atoms with E-state index in [-0.39, 0.29) is 5.91 Å². The molecule has 2 N–H and O–H groups in total. The molecule has 2 heterocycles. The van der Waals surface area contributed by atoms with Crippen molar-refractivity contribution in [3.63, 3.8) is 0 Å². The molecule has 102 valence electrons. The Morgan fingerprint density at radius 1 is 1.10 bits per heavy atom. The highest BCUT2D eigenvalue weighted by atomic mass is 16.2. The summed E-state index contributed by atoms with van der Waals surface area (Å²) in [7, 11) is 0. The van der Waals surface area contributed by atoms with E-state index in [1.54, 1.807) is 18.5 Å². The number of anilines is 1. The first-order chi connectivity index (χ1) is 9.75. The van der Waals surface area contributed by atoms with E-state index < -0.39 is 0 Å². The van der Waals surface area contributed by atoms with Crippen molar-refractivity contribution in [1.29, 1.82) is 0 Å². The standard InChI is InChI=1S/C16H17N3O/c17-13-5-3-12(4-6-13)15-11-18-8-7-14(15)16(20)19-9-1-2-10-19/h3-8,11H,1-2,9-10,17H2. The Morgan fingerprint density at radius 3 is 2.50 bits per heavy atom. The molecule has 0 radical (unpaired) electrons. The van der Waals surface area contributed by atoms with Crippen molar-refractivity contribution in [3.05, 3.63) is 48.3 Å². The van der Waals surface area contributed by atoms with Crippen molar-refractivity contribution in [2.75, 3.05) is 18.8 Å². The van der Waals surface area contributed by atoms with Crippen LogP contribution in [0.4, 0.5) is 5.69 Å². The summed E-state index contributed by atoms with van der Waals surface area (Å²) in [6.07, 6.45) is 5.60. The molecule has 0 bridgehead atoms. The molecule has 1 amide bonds. The largest absolute Gasteiger partial charge is 0.399 e. The van der Waals surface area contributed by atoms with E-state index in [4.69, 9.17) is 5.73 Å². The predicted octanol–water partition coefficient (Wildman–Crippen LogP) is 2.57. The topological polar surface area (TPSA) is 59.2 Å². The maximum Gasteiger partial charge on any atom is 0.254 e. The van der Waals surface area contributed by atoms with E-state index in [2.05, 4.69) is 4.98 Å². The van der Waals surface area contributed by atoms with Crippen LogP contribution in [0.3, 0.4) is 0 Å². The molecule has 1 fully saturated rings. The van der Waals surface area contributed by atoms with Gasteiger partial charge in [0.05, 0.1) is 5.56 Å². The molecular weight excluding hydrogens is 250 g/mol. The second-order valence-corrected chi connectivity index (χ2v) is 5.04. The fourth-order valence-electron chi connectivity index (χ4n) is 2.56. The number of rotatable bonds is 2. The number of hydrogen-bond donors (Lipinski definition) is 1. The number of carbonyl (C=O) groups excluding carboxylic acids is 1. The minimum Gasteiger partial charge on any atom is -0.399 e. The first kappa shape index (κ1) is 12.7. The van der Waals surface area contributed by atoms with Crippen LogP contribution in [0.5, 0.6) is 0 Å². The lowest BCUT2D eigenvalue weighted by atomic mass is 10.0. The van der Waals surface area contributed by atoms with Crippen LogP contribution in [-0.4, -0.2) is 28.9 Å². The van der Waals surface area contributed by atoms with E-state index in [1.165, 1.54) is 0 Å². The van der Waals surface area contributed by atoms with Crippen molar-refractivity contribution < 1.29 is 4.79 Å². The molecule has 1 aromatic heterocycles. The molecule has 0 unspecified atom stereocenters. The van der Waals surface area contributed by atoms with E-state index >= 15 is 0 Å². The van der Waals surface area contributed by atoms with Gasteiger partial charge in [-0.1, -0.05) is 12.1 Å². The van der Waals surface area contributed by atoms with Crippen molar-refractivity contribution in [1.82, 2.24) is 9.88 Å². The van der Waals surface area contributed by atoms with Gasteiger partial charge < -0.3 is 10.6 Å². The zero-order chi connectivity index (χ0) is 13.9. The molecule has 1 aliphatic rings. The maximum absolute atomic E-state index is 12.6. The smallest absolute Gasteiger partial charge is 0.254 e. The van der Waals surface area contributed by atoms with Crippen LogP contribution in [0.25, 0.3) is 11.1 Å². The molecule has 0 spiro atoms. The molecular formula is C16H17N3O. The predicted molar refractivity (Wildman–Crippen MR) is 79.2 cm³/mol. The lowest BCUT2D eigenvalue weighted by Gasteiger charge is -2.17. The number of likely N-dealkylation sites (tertiary alicyclic amines) is 1. The third kappa shape index (κ3) is 2.37. The first-order valence-corrected chi connectivity index (χ1v) is 6.85. The molecule has 4 heteroatoms. The highest BCUT2D eigenvalue weighted by molar-refractivity contribution is 6.00. The SMILES string of the molecule is Nc1ccc(-c2cnccc2C(=O)N2CCCC2)cc1. The van der Waals surface area contributed by atoms with Gasteiger partial charge in [-0.25, -0.2) is 0 Å². The highest BCUT2D eigenvalue weighted by Gasteiger charge is 2.22. The summed E-state index contributed by atoms with van der Waals surface area (Å²) in [6, 6.07) is 9.32. The lowest BCUT2D eigenvalue weighted by molar-refractivity contribution is 0.0793. The van der Waals surface area contributed by atoms with Crippen molar-refractivity contribution >= 4 is 11.6 Å². The Morgan fingerprint density at radius 2 is 1.80 bits per heavy atom. The molecule has 1 aliphatic heterocycles. The Kier molecular flexibility index (Phi) is 3.37. The van der Waals surface area contributed by atoms with Crippen LogP contribution in [0, 0.1) is 0 Å². The van der Waals surface area contributed by atoms with Crippen LogP contribution in [0.15, 0.2) is 42.7 Å². The lowest BCUT2D eigenvalue weighted by Crippen LogP contribution is -2.28. The summed E-state index contributed by atoms with van der Waals surface area (Å²) in [6.45, 7) is 1.70. The zero-order valence-electron chi connectivity index (χ0n) is 11.2. The van der Waals surface area contributed by atoms with Crippen LogP contribution in [0.2, 0.25) is 0 Å². The number of aromatic nitrogens is 1. The van der Waals surface area contributed by atoms with Crippen molar-refractivity contribution in [2.24, 2.45) is 0 Å². The van der Waals surface area contributed by atoms with Gasteiger partial charge in [-0.2, -0.15) is 0 Å². The fourth-order valence-corrected chi connectivity index (χ4v) is 2.56. The number of carbonyl (C=O) groups is 1. The van der Waals surface area contributed by atoms with Crippen molar-refractivity contribution in [2.45, 2.75) is 12.8 Å². The summed E-state index contributed by atoms with van der Waals surface area (Å²) in [4.78, 5) is 18.6. The second kappa shape index (κ2) is 5.33. The van der Waals surface area contributed by atoms with E-state index in [1.807, 2.05) is 29.2 Å². The number of nitrogens with two attached hydrogens (primary N) is 1. The third-order valence-electron chi connectivity index (χ3n) is 3.67. The number of pyridine rings is 1. The summed E-state index contributed by atoms with van der Waals surface area (Å²) < 4.78 is 0. The number of nitrogens with zero attached hydrogens (tertiary/aromatic N) is 2. The van der Waals surface area contributed by atoms with E-state index in [0.717, 1.165) is 37.1 Å². The van der Waals surface area contributed by atoms with Gasteiger partial charge >= 0.3 is 0 Å². The zero-order valence-corrected chi connectivity index (χ0v) is 11.2. The normalized spacial score (nSPS) is 14.5. The van der Waals surface area contributed by atoms with Crippen LogP contribution in [-0.2, 0) is 0 Å². The maximum atomic E-state index is 12.6. The summed E-state index contributed by atoms with van der Waals surface area (Å²) >= 11 is 0. The number of amides is 1. The molecule has 4 nitrogen and oxygen atoms in total. The van der Waals surface area contributed by atoms with Gasteiger partial charge in [-0.05, 0) is 36.6 Å². The molecule has 3 rings (SSSR count). The second-order valence-electron chi connectivity index (χ2n) is 5.04. The van der Waals surface area contributed by atoms with Gasteiger partial charge in [0, 0.05) is 36.7 Å². The Labute approximate surface area is 118 Å². The number of benzene rings is 1.